The van der Waals surface area contributed by atoms with Crippen LogP contribution in [0.15, 0.2) is 12.7 Å². The van der Waals surface area contributed by atoms with Gasteiger partial charge in [-0.3, -0.25) is 0 Å². The maximum atomic E-state index is 4.55. The largest absolute Gasteiger partial charge is 0.354 e. The first-order valence-electron chi connectivity index (χ1n) is 7.77. The van der Waals surface area contributed by atoms with Gasteiger partial charge in [0, 0.05) is 19.6 Å². The van der Waals surface area contributed by atoms with Crippen LogP contribution in [0.3, 0.4) is 0 Å². The molecule has 2 fully saturated rings. The Morgan fingerprint density at radius 2 is 1.85 bits per heavy atom. The molecule has 1 saturated carbocycles. The third kappa shape index (κ3) is 1.79. The highest BCUT2D eigenvalue weighted by Crippen LogP contribution is 2.38. The van der Waals surface area contributed by atoms with Crippen molar-refractivity contribution in [2.75, 3.05) is 18.0 Å². The quantitative estimate of drug-likeness (QED) is 0.842. The zero-order valence-corrected chi connectivity index (χ0v) is 12.0. The molecule has 2 aliphatic rings. The van der Waals surface area contributed by atoms with Crippen molar-refractivity contribution in [3.05, 3.63) is 12.7 Å². The van der Waals surface area contributed by atoms with Gasteiger partial charge in [0.1, 0.15) is 6.33 Å². The van der Waals surface area contributed by atoms with Crippen LogP contribution in [0.1, 0.15) is 32.6 Å². The highest BCUT2D eigenvalue weighted by Gasteiger charge is 2.35. The van der Waals surface area contributed by atoms with Crippen LogP contribution < -0.4 is 4.90 Å². The number of fused-ring (bicyclic) bond motifs is 2. The molecule has 20 heavy (non-hydrogen) atoms. The van der Waals surface area contributed by atoms with Gasteiger partial charge in [0.2, 0.25) is 0 Å². The summed E-state index contributed by atoms with van der Waals surface area (Å²) in [6.07, 6.45) is 9.15. The Balaban J connectivity index is 1.70. The molecule has 0 N–H and O–H groups in total. The number of aromatic nitrogens is 4. The van der Waals surface area contributed by atoms with Crippen molar-refractivity contribution < 1.29 is 0 Å². The van der Waals surface area contributed by atoms with Crippen LogP contribution in [0, 0.1) is 11.8 Å². The van der Waals surface area contributed by atoms with Gasteiger partial charge in [-0.25, -0.2) is 15.0 Å². The van der Waals surface area contributed by atoms with Gasteiger partial charge in [0.05, 0.1) is 6.33 Å². The predicted molar refractivity (Wildman–Crippen MR) is 78.7 cm³/mol. The van der Waals surface area contributed by atoms with Gasteiger partial charge in [-0.15, -0.1) is 0 Å². The van der Waals surface area contributed by atoms with Crippen molar-refractivity contribution in [2.24, 2.45) is 11.8 Å². The van der Waals surface area contributed by atoms with E-state index in [4.69, 9.17) is 0 Å². The van der Waals surface area contributed by atoms with Crippen LogP contribution in [0.5, 0.6) is 0 Å². The molecule has 5 nitrogen and oxygen atoms in total. The van der Waals surface area contributed by atoms with Crippen LogP contribution >= 0.6 is 0 Å². The smallest absolute Gasteiger partial charge is 0.165 e. The number of hydrogen-bond donors (Lipinski definition) is 0. The Bertz CT molecular complexity index is 606. The van der Waals surface area contributed by atoms with Crippen molar-refractivity contribution in [3.63, 3.8) is 0 Å². The van der Waals surface area contributed by atoms with Crippen molar-refractivity contribution in [1.29, 1.82) is 0 Å². The number of imidazole rings is 1. The molecule has 1 aliphatic carbocycles. The van der Waals surface area contributed by atoms with Crippen molar-refractivity contribution in [2.45, 2.75) is 39.2 Å². The van der Waals surface area contributed by atoms with E-state index in [1.165, 1.54) is 25.7 Å². The van der Waals surface area contributed by atoms with E-state index in [1.54, 1.807) is 6.33 Å². The fourth-order valence-electron chi connectivity index (χ4n) is 3.91. The summed E-state index contributed by atoms with van der Waals surface area (Å²) in [7, 11) is 0. The molecule has 1 aliphatic heterocycles. The SMILES string of the molecule is CCn1cnc2c(N3CC4CCCCC4C3)ncnc21. The molecule has 0 amide bonds. The van der Waals surface area contributed by atoms with Gasteiger partial charge in [-0.2, -0.15) is 0 Å². The average molecular weight is 271 g/mol. The molecule has 3 heterocycles. The maximum Gasteiger partial charge on any atom is 0.165 e. The van der Waals surface area contributed by atoms with Crippen LogP contribution in [0.4, 0.5) is 5.82 Å². The second-order valence-corrected chi connectivity index (χ2v) is 6.11. The van der Waals surface area contributed by atoms with Gasteiger partial charge in [0.25, 0.3) is 0 Å². The second kappa shape index (κ2) is 4.72. The molecule has 0 radical (unpaired) electrons. The molecule has 4 rings (SSSR count). The van der Waals surface area contributed by atoms with E-state index in [-0.39, 0.29) is 0 Å². The number of hydrogen-bond acceptors (Lipinski definition) is 4. The summed E-state index contributed by atoms with van der Waals surface area (Å²) < 4.78 is 2.09. The average Bonchev–Trinajstić information content (AvgIpc) is 3.10. The summed E-state index contributed by atoms with van der Waals surface area (Å²) in [4.78, 5) is 15.9. The normalized spacial score (nSPS) is 26.1. The fourth-order valence-corrected chi connectivity index (χ4v) is 3.91. The molecule has 2 unspecified atom stereocenters. The zero-order valence-electron chi connectivity index (χ0n) is 12.0. The van der Waals surface area contributed by atoms with Crippen molar-refractivity contribution in [3.8, 4) is 0 Å². The molecule has 2 atom stereocenters. The van der Waals surface area contributed by atoms with Gasteiger partial charge in [-0.05, 0) is 31.6 Å². The molecule has 1 saturated heterocycles. The van der Waals surface area contributed by atoms with Crippen LogP contribution in [0.2, 0.25) is 0 Å². The Labute approximate surface area is 119 Å². The van der Waals surface area contributed by atoms with Gasteiger partial charge in [-0.1, -0.05) is 12.8 Å². The molecule has 5 heteroatoms. The summed E-state index contributed by atoms with van der Waals surface area (Å²) in [5.41, 5.74) is 1.93. The lowest BCUT2D eigenvalue weighted by Gasteiger charge is -2.22. The fraction of sp³-hybridized carbons (Fsp3) is 0.667. The molecule has 2 aromatic rings. The molecule has 0 bridgehead atoms. The Morgan fingerprint density at radius 1 is 1.10 bits per heavy atom. The van der Waals surface area contributed by atoms with E-state index < -0.39 is 0 Å². The lowest BCUT2D eigenvalue weighted by atomic mass is 9.82. The standard InChI is InChI=1S/C15H21N5/c1-2-19-10-18-13-14(19)16-9-17-15(13)20-7-11-5-3-4-6-12(11)8-20/h9-12H,2-8H2,1H3. The maximum absolute atomic E-state index is 4.55. The molecule has 2 aromatic heterocycles. The molecule has 0 aromatic carbocycles. The predicted octanol–water partition coefficient (Wildman–Crippen LogP) is 2.47. The minimum absolute atomic E-state index is 0.863. The highest BCUT2D eigenvalue weighted by atomic mass is 15.2. The first-order chi connectivity index (χ1) is 9.86. The monoisotopic (exact) mass is 271 g/mol. The molecular formula is C15H21N5. The second-order valence-electron chi connectivity index (χ2n) is 6.11. The lowest BCUT2D eigenvalue weighted by Crippen LogP contribution is -2.21. The lowest BCUT2D eigenvalue weighted by molar-refractivity contribution is 0.299. The third-order valence-electron chi connectivity index (χ3n) is 5.00. The third-order valence-corrected chi connectivity index (χ3v) is 5.00. The number of aryl methyl sites for hydroxylation is 1. The summed E-state index contributed by atoms with van der Waals surface area (Å²) in [5, 5.41) is 0. The first kappa shape index (κ1) is 12.1. The van der Waals surface area contributed by atoms with E-state index in [0.717, 1.165) is 48.5 Å². The Hall–Kier alpha value is -1.65. The van der Waals surface area contributed by atoms with Gasteiger partial charge < -0.3 is 9.47 Å². The van der Waals surface area contributed by atoms with E-state index >= 15 is 0 Å². The van der Waals surface area contributed by atoms with E-state index in [1.807, 2.05) is 6.33 Å². The number of nitrogens with zero attached hydrogens (tertiary/aromatic N) is 5. The van der Waals surface area contributed by atoms with Crippen molar-refractivity contribution in [1.82, 2.24) is 19.5 Å². The van der Waals surface area contributed by atoms with Crippen molar-refractivity contribution >= 4 is 17.0 Å². The topological polar surface area (TPSA) is 46.8 Å². The summed E-state index contributed by atoms with van der Waals surface area (Å²) >= 11 is 0. The highest BCUT2D eigenvalue weighted by molar-refractivity contribution is 5.83. The van der Waals surface area contributed by atoms with Crippen LogP contribution in [0.25, 0.3) is 11.2 Å². The summed E-state index contributed by atoms with van der Waals surface area (Å²) in [6.45, 7) is 5.32. The van der Waals surface area contributed by atoms with Crippen LogP contribution in [-0.4, -0.2) is 32.6 Å². The van der Waals surface area contributed by atoms with Crippen LogP contribution in [-0.2, 0) is 6.54 Å². The Morgan fingerprint density at radius 3 is 2.55 bits per heavy atom. The minimum Gasteiger partial charge on any atom is -0.354 e. The number of rotatable bonds is 2. The molecule has 0 spiro atoms. The summed E-state index contributed by atoms with van der Waals surface area (Å²) in [5.74, 6) is 2.76. The molecular weight excluding hydrogens is 250 g/mol. The minimum atomic E-state index is 0.863. The first-order valence-corrected chi connectivity index (χ1v) is 7.77. The van der Waals surface area contributed by atoms with E-state index in [0.29, 0.717) is 0 Å². The Kier molecular flexibility index (Phi) is 2.86. The molecule has 106 valence electrons. The van der Waals surface area contributed by atoms with E-state index in [2.05, 4.69) is 31.3 Å². The number of anilines is 1. The van der Waals surface area contributed by atoms with E-state index in [9.17, 15) is 0 Å². The summed E-state index contributed by atoms with van der Waals surface area (Å²) in [6, 6.07) is 0. The zero-order chi connectivity index (χ0) is 13.5. The van der Waals surface area contributed by atoms with Gasteiger partial charge in [0.15, 0.2) is 17.0 Å². The van der Waals surface area contributed by atoms with Gasteiger partial charge >= 0.3 is 0 Å².